The predicted octanol–water partition coefficient (Wildman–Crippen LogP) is 2.31. The number of hydrogen-bond donors (Lipinski definition) is 6. The van der Waals surface area contributed by atoms with Gasteiger partial charge in [-0.2, -0.15) is 0 Å². The molecule has 3 rings (SSSR count). The number of carbonyl (C=O) groups is 4. The number of ether oxygens (including phenoxy) is 1. The van der Waals surface area contributed by atoms with E-state index in [2.05, 4.69) is 10.6 Å². The minimum absolute atomic E-state index is 0.112. The number of guanidine groups is 1. The highest BCUT2D eigenvalue weighted by atomic mass is 16.5. The zero-order valence-corrected chi connectivity index (χ0v) is 19.0. The summed E-state index contributed by atoms with van der Waals surface area (Å²) in [5.41, 5.74) is 7.58. The lowest BCUT2D eigenvalue weighted by Crippen LogP contribution is -2.42. The van der Waals surface area contributed by atoms with Crippen LogP contribution in [0.25, 0.3) is 0 Å². The highest BCUT2D eigenvalue weighted by molar-refractivity contribution is 6.00. The van der Waals surface area contributed by atoms with Gasteiger partial charge < -0.3 is 31.3 Å². The van der Waals surface area contributed by atoms with Crippen LogP contribution >= 0.6 is 0 Å². The summed E-state index contributed by atoms with van der Waals surface area (Å²) in [5.74, 6) is -4.53. The van der Waals surface area contributed by atoms with Crippen molar-refractivity contribution < 1.29 is 34.1 Å². The number of aryl methyl sites for hydroxylation is 1. The van der Waals surface area contributed by atoms with Crippen molar-refractivity contribution in [3.63, 3.8) is 0 Å². The number of aliphatic carboxylic acids is 2. The molecule has 2 aromatic rings. The van der Waals surface area contributed by atoms with E-state index < -0.39 is 36.3 Å². The molecule has 35 heavy (non-hydrogen) atoms. The molecule has 2 aromatic carbocycles. The molecule has 11 heteroatoms. The van der Waals surface area contributed by atoms with Crippen molar-refractivity contribution in [1.29, 1.82) is 5.41 Å². The Balaban J connectivity index is 1.97. The molecule has 0 bridgehead atoms. The standard InChI is InChI=1S/C24H26N4O7/c1-12-4-2-5-13-10-14(27-24(25)26)8-9-15(13)23(34)35-18-7-3-6-16(20(12)18)21(31)28-17(22(32)33)11-19(29)30/h3,6-10,12,17H,2,4-5,11H2,1H3,(H,28,31)(H,29,30)(H,32,33)(H4,25,26,27). The van der Waals surface area contributed by atoms with Gasteiger partial charge >= 0.3 is 17.9 Å². The van der Waals surface area contributed by atoms with Gasteiger partial charge in [0.2, 0.25) is 0 Å². The van der Waals surface area contributed by atoms with Crippen LogP contribution in [-0.4, -0.2) is 46.0 Å². The van der Waals surface area contributed by atoms with Crippen LogP contribution in [-0.2, 0) is 16.0 Å². The molecule has 1 aliphatic heterocycles. The quantitative estimate of drug-likeness (QED) is 0.155. The molecule has 1 heterocycles. The van der Waals surface area contributed by atoms with Crippen LogP contribution in [0, 0.1) is 5.41 Å². The minimum Gasteiger partial charge on any atom is -0.481 e. The monoisotopic (exact) mass is 482 g/mol. The first-order valence-corrected chi connectivity index (χ1v) is 10.9. The zero-order valence-electron chi connectivity index (χ0n) is 19.0. The number of nitrogens with one attached hydrogen (secondary N) is 3. The lowest BCUT2D eigenvalue weighted by atomic mass is 9.88. The van der Waals surface area contributed by atoms with Crippen LogP contribution in [0.5, 0.6) is 5.75 Å². The third-order valence-corrected chi connectivity index (χ3v) is 5.68. The van der Waals surface area contributed by atoms with Crippen molar-refractivity contribution in [3.05, 3.63) is 58.7 Å². The SMILES string of the molecule is CC1CCCc2cc(NC(=N)N)ccc2C(=O)Oc2cccc(C(=O)NC(CC(=O)O)C(=O)O)c21. The number of rotatable bonds is 6. The predicted molar refractivity (Wildman–Crippen MR) is 126 cm³/mol. The number of carboxylic acid groups (broad SMARTS) is 2. The van der Waals surface area contributed by atoms with Gasteiger partial charge in [-0.25, -0.2) is 9.59 Å². The number of amides is 1. The van der Waals surface area contributed by atoms with E-state index >= 15 is 0 Å². The van der Waals surface area contributed by atoms with Gasteiger partial charge in [-0.3, -0.25) is 15.0 Å². The van der Waals surface area contributed by atoms with Crippen LogP contribution < -0.4 is 21.1 Å². The lowest BCUT2D eigenvalue weighted by molar-refractivity contribution is -0.145. The number of carbonyl (C=O) groups excluding carboxylic acids is 2. The highest BCUT2D eigenvalue weighted by Crippen LogP contribution is 2.35. The maximum absolute atomic E-state index is 13.0. The molecule has 0 saturated carbocycles. The van der Waals surface area contributed by atoms with Gasteiger partial charge in [0, 0.05) is 16.8 Å². The molecule has 0 saturated heterocycles. The molecule has 0 spiro atoms. The summed E-state index contributed by atoms with van der Waals surface area (Å²) >= 11 is 0. The molecule has 11 nitrogen and oxygen atoms in total. The molecule has 0 radical (unpaired) electrons. The number of anilines is 1. The second kappa shape index (κ2) is 10.7. The van der Waals surface area contributed by atoms with E-state index in [0.29, 0.717) is 36.1 Å². The van der Waals surface area contributed by atoms with Crippen molar-refractivity contribution in [1.82, 2.24) is 5.32 Å². The molecule has 184 valence electrons. The van der Waals surface area contributed by atoms with E-state index in [0.717, 1.165) is 5.56 Å². The Hall–Kier alpha value is -4.41. The summed E-state index contributed by atoms with van der Waals surface area (Å²) in [7, 11) is 0. The van der Waals surface area contributed by atoms with Crippen molar-refractivity contribution >= 4 is 35.5 Å². The Labute approximate surface area is 200 Å². The summed E-state index contributed by atoms with van der Waals surface area (Å²) in [6.07, 6.45) is 1.04. The minimum atomic E-state index is -1.61. The van der Waals surface area contributed by atoms with Crippen LogP contribution in [0.15, 0.2) is 36.4 Å². The van der Waals surface area contributed by atoms with E-state index in [-0.39, 0.29) is 23.2 Å². The Kier molecular flexibility index (Phi) is 7.69. The first-order chi connectivity index (χ1) is 16.6. The van der Waals surface area contributed by atoms with Crippen LogP contribution in [0.3, 0.4) is 0 Å². The molecular formula is C24H26N4O7. The van der Waals surface area contributed by atoms with Gasteiger partial charge in [-0.15, -0.1) is 0 Å². The third kappa shape index (κ3) is 6.14. The molecule has 2 unspecified atom stereocenters. The number of fused-ring (bicyclic) bond motifs is 2. The molecule has 0 aliphatic carbocycles. The number of carboxylic acids is 2. The Morgan fingerprint density at radius 1 is 1.23 bits per heavy atom. The van der Waals surface area contributed by atoms with Gasteiger partial charge in [-0.05, 0) is 61.1 Å². The molecular weight excluding hydrogens is 456 g/mol. The first-order valence-electron chi connectivity index (χ1n) is 10.9. The van der Waals surface area contributed by atoms with E-state index in [1.807, 2.05) is 6.92 Å². The second-order valence-electron chi connectivity index (χ2n) is 8.27. The largest absolute Gasteiger partial charge is 0.481 e. The molecule has 0 fully saturated rings. The maximum Gasteiger partial charge on any atom is 0.343 e. The van der Waals surface area contributed by atoms with Crippen molar-refractivity contribution in [2.24, 2.45) is 5.73 Å². The molecule has 7 N–H and O–H groups in total. The number of esters is 1. The Morgan fingerprint density at radius 3 is 2.63 bits per heavy atom. The maximum atomic E-state index is 13.0. The fraction of sp³-hybridized carbons (Fsp3) is 0.292. The van der Waals surface area contributed by atoms with E-state index in [1.54, 1.807) is 24.3 Å². The van der Waals surface area contributed by atoms with Gasteiger partial charge in [0.15, 0.2) is 5.96 Å². The Bertz CT molecular complexity index is 1190. The molecule has 1 amide bonds. The number of hydrogen-bond acceptors (Lipinski definition) is 6. The number of benzene rings is 2. The summed E-state index contributed by atoms with van der Waals surface area (Å²) in [5, 5.41) is 30.6. The normalized spacial score (nSPS) is 16.0. The van der Waals surface area contributed by atoms with E-state index in [9.17, 15) is 24.3 Å². The van der Waals surface area contributed by atoms with Gasteiger partial charge in [-0.1, -0.05) is 13.0 Å². The van der Waals surface area contributed by atoms with Gasteiger partial charge in [0.05, 0.1) is 12.0 Å². The van der Waals surface area contributed by atoms with E-state index in [4.69, 9.17) is 21.0 Å². The Morgan fingerprint density at radius 2 is 1.97 bits per heavy atom. The van der Waals surface area contributed by atoms with Crippen LogP contribution in [0.4, 0.5) is 5.69 Å². The smallest absolute Gasteiger partial charge is 0.343 e. The summed E-state index contributed by atoms with van der Waals surface area (Å²) < 4.78 is 5.68. The van der Waals surface area contributed by atoms with Crippen molar-refractivity contribution in [2.45, 2.75) is 44.6 Å². The van der Waals surface area contributed by atoms with E-state index in [1.165, 1.54) is 12.1 Å². The lowest BCUT2D eigenvalue weighted by Gasteiger charge is -2.23. The third-order valence-electron chi connectivity index (χ3n) is 5.68. The van der Waals surface area contributed by atoms with Crippen molar-refractivity contribution in [2.75, 3.05) is 5.32 Å². The average Bonchev–Trinajstić information content (AvgIpc) is 2.77. The van der Waals surface area contributed by atoms with Crippen molar-refractivity contribution in [3.8, 4) is 5.75 Å². The summed E-state index contributed by atoms with van der Waals surface area (Å²) in [6.45, 7) is 1.87. The summed E-state index contributed by atoms with van der Waals surface area (Å²) in [6, 6.07) is 7.86. The highest BCUT2D eigenvalue weighted by Gasteiger charge is 2.28. The fourth-order valence-electron chi connectivity index (χ4n) is 4.08. The van der Waals surface area contributed by atoms with Crippen LogP contribution in [0.1, 0.15) is 63.9 Å². The average molecular weight is 482 g/mol. The molecule has 2 atom stereocenters. The van der Waals surface area contributed by atoms with Crippen LogP contribution in [0.2, 0.25) is 0 Å². The van der Waals surface area contributed by atoms with Gasteiger partial charge in [0.25, 0.3) is 5.91 Å². The number of nitrogens with two attached hydrogens (primary N) is 1. The summed E-state index contributed by atoms with van der Waals surface area (Å²) in [4.78, 5) is 48.4. The fourth-order valence-corrected chi connectivity index (χ4v) is 4.08. The van der Waals surface area contributed by atoms with Gasteiger partial charge in [0.1, 0.15) is 11.8 Å². The first kappa shape index (κ1) is 25.2. The zero-order chi connectivity index (χ0) is 25.7. The second-order valence-corrected chi connectivity index (χ2v) is 8.27. The topological polar surface area (TPSA) is 192 Å². The molecule has 0 aromatic heterocycles. The molecule has 1 aliphatic rings.